The van der Waals surface area contributed by atoms with Crippen molar-refractivity contribution in [3.63, 3.8) is 0 Å². The third-order valence-corrected chi connectivity index (χ3v) is 2.74. The van der Waals surface area contributed by atoms with Crippen LogP contribution in [0.4, 0.5) is 5.69 Å². The summed E-state index contributed by atoms with van der Waals surface area (Å²) in [6.07, 6.45) is 2.26. The molecule has 2 N–H and O–H groups in total. The molecule has 1 aliphatic carbocycles. The van der Waals surface area contributed by atoms with Crippen molar-refractivity contribution in [1.82, 2.24) is 5.32 Å². The number of hydrogen-bond acceptors (Lipinski definition) is 4. The van der Waals surface area contributed by atoms with Crippen molar-refractivity contribution in [2.45, 2.75) is 18.9 Å². The Labute approximate surface area is 106 Å². The van der Waals surface area contributed by atoms with Crippen molar-refractivity contribution in [3.8, 4) is 0 Å². The number of ether oxygens (including phenoxy) is 1. The van der Waals surface area contributed by atoms with Crippen molar-refractivity contribution in [2.75, 3.05) is 19.0 Å². The Bertz CT molecular complexity index is 455. The predicted octanol–water partition coefficient (Wildman–Crippen LogP) is 1.16. The molecule has 1 fully saturated rings. The lowest BCUT2D eigenvalue weighted by Gasteiger charge is -2.09. The quantitative estimate of drug-likeness (QED) is 0.767. The van der Waals surface area contributed by atoms with Gasteiger partial charge in [0.15, 0.2) is 0 Å². The van der Waals surface area contributed by atoms with E-state index in [1.54, 1.807) is 24.3 Å². The van der Waals surface area contributed by atoms with Crippen LogP contribution in [0.15, 0.2) is 24.3 Å². The molecular formula is C13H16N2O3. The fraction of sp³-hybridized carbons (Fsp3) is 0.385. The van der Waals surface area contributed by atoms with Gasteiger partial charge in [-0.1, -0.05) is 12.1 Å². The lowest BCUT2D eigenvalue weighted by Crippen LogP contribution is -2.30. The predicted molar refractivity (Wildman–Crippen MR) is 67.4 cm³/mol. The van der Waals surface area contributed by atoms with E-state index in [0.29, 0.717) is 17.3 Å². The van der Waals surface area contributed by atoms with Crippen LogP contribution in [-0.2, 0) is 9.53 Å². The van der Waals surface area contributed by atoms with Crippen LogP contribution >= 0.6 is 0 Å². The fourth-order valence-corrected chi connectivity index (χ4v) is 1.60. The molecule has 1 saturated carbocycles. The zero-order chi connectivity index (χ0) is 13.0. The van der Waals surface area contributed by atoms with Crippen molar-refractivity contribution in [1.29, 1.82) is 0 Å². The molecule has 0 atom stereocenters. The van der Waals surface area contributed by atoms with Crippen LogP contribution < -0.4 is 10.6 Å². The first kappa shape index (κ1) is 12.6. The number of nitrogens with one attached hydrogen (secondary N) is 2. The van der Waals surface area contributed by atoms with Gasteiger partial charge in [-0.25, -0.2) is 4.79 Å². The van der Waals surface area contributed by atoms with E-state index in [4.69, 9.17) is 0 Å². The first-order chi connectivity index (χ1) is 8.70. The average molecular weight is 248 g/mol. The number of benzene rings is 1. The molecule has 96 valence electrons. The van der Waals surface area contributed by atoms with E-state index in [-0.39, 0.29) is 12.5 Å². The van der Waals surface area contributed by atoms with Gasteiger partial charge in [-0.05, 0) is 25.0 Å². The molecule has 1 aromatic rings. The highest BCUT2D eigenvalue weighted by Crippen LogP contribution is 2.18. The molecule has 0 aromatic heterocycles. The molecule has 18 heavy (non-hydrogen) atoms. The number of carbonyl (C=O) groups excluding carboxylic acids is 2. The normalized spacial score (nSPS) is 14.1. The number of anilines is 1. The monoisotopic (exact) mass is 248 g/mol. The number of amides is 1. The number of esters is 1. The fourth-order valence-electron chi connectivity index (χ4n) is 1.60. The SMILES string of the molecule is COC(=O)c1ccccc1NC(=O)CNC1CC1. The number of hydrogen-bond donors (Lipinski definition) is 2. The van der Waals surface area contributed by atoms with Gasteiger partial charge < -0.3 is 15.4 Å². The minimum absolute atomic E-state index is 0.154. The summed E-state index contributed by atoms with van der Waals surface area (Å²) in [6, 6.07) is 7.27. The van der Waals surface area contributed by atoms with Crippen molar-refractivity contribution in [3.05, 3.63) is 29.8 Å². The summed E-state index contributed by atoms with van der Waals surface area (Å²) in [6.45, 7) is 0.264. The molecule has 1 aromatic carbocycles. The van der Waals surface area contributed by atoms with Gasteiger partial charge in [0.25, 0.3) is 0 Å². The zero-order valence-electron chi connectivity index (χ0n) is 10.2. The molecular weight excluding hydrogens is 232 g/mol. The molecule has 0 saturated heterocycles. The lowest BCUT2D eigenvalue weighted by atomic mass is 10.2. The Balaban J connectivity index is 1.98. The molecule has 2 rings (SSSR count). The molecule has 1 aliphatic rings. The first-order valence-electron chi connectivity index (χ1n) is 5.91. The highest BCUT2D eigenvalue weighted by molar-refractivity contribution is 6.01. The maximum absolute atomic E-state index is 11.7. The summed E-state index contributed by atoms with van der Waals surface area (Å²) in [4.78, 5) is 23.2. The maximum atomic E-state index is 11.7. The van der Waals surface area contributed by atoms with Crippen LogP contribution in [0.3, 0.4) is 0 Å². The van der Waals surface area contributed by atoms with Gasteiger partial charge >= 0.3 is 5.97 Å². The average Bonchev–Trinajstić information content (AvgIpc) is 3.20. The summed E-state index contributed by atoms with van der Waals surface area (Å²) < 4.78 is 4.66. The van der Waals surface area contributed by atoms with Crippen molar-refractivity contribution >= 4 is 17.6 Å². The van der Waals surface area contributed by atoms with E-state index in [1.807, 2.05) is 0 Å². The summed E-state index contributed by atoms with van der Waals surface area (Å²) in [7, 11) is 1.32. The lowest BCUT2D eigenvalue weighted by molar-refractivity contribution is -0.115. The first-order valence-corrected chi connectivity index (χ1v) is 5.91. The van der Waals surface area contributed by atoms with E-state index in [2.05, 4.69) is 15.4 Å². The molecule has 5 heteroatoms. The minimum Gasteiger partial charge on any atom is -0.465 e. The molecule has 1 amide bonds. The maximum Gasteiger partial charge on any atom is 0.339 e. The van der Waals surface area contributed by atoms with Crippen molar-refractivity contribution in [2.24, 2.45) is 0 Å². The molecule has 0 heterocycles. The summed E-state index contributed by atoms with van der Waals surface area (Å²) in [5.41, 5.74) is 0.840. The number of rotatable bonds is 5. The van der Waals surface area contributed by atoms with Gasteiger partial charge in [-0.15, -0.1) is 0 Å². The Kier molecular flexibility index (Phi) is 3.94. The summed E-state index contributed by atoms with van der Waals surface area (Å²) in [5.74, 6) is -0.612. The van der Waals surface area contributed by atoms with Crippen molar-refractivity contribution < 1.29 is 14.3 Å². The Hall–Kier alpha value is -1.88. The smallest absolute Gasteiger partial charge is 0.339 e. The van der Waals surface area contributed by atoms with Crippen LogP contribution in [-0.4, -0.2) is 31.6 Å². The van der Waals surface area contributed by atoms with Gasteiger partial charge in [0.1, 0.15) is 0 Å². The second kappa shape index (κ2) is 5.64. The van der Waals surface area contributed by atoms with Crippen LogP contribution in [0, 0.1) is 0 Å². The van der Waals surface area contributed by atoms with E-state index in [0.717, 1.165) is 12.8 Å². The van der Waals surface area contributed by atoms with Crippen LogP contribution in [0.2, 0.25) is 0 Å². The van der Waals surface area contributed by atoms with E-state index in [9.17, 15) is 9.59 Å². The van der Waals surface area contributed by atoms with Gasteiger partial charge in [-0.2, -0.15) is 0 Å². The van der Waals surface area contributed by atoms with Crippen LogP contribution in [0.1, 0.15) is 23.2 Å². The molecule has 0 unspecified atom stereocenters. The third kappa shape index (κ3) is 3.30. The third-order valence-electron chi connectivity index (χ3n) is 2.74. The highest BCUT2D eigenvalue weighted by atomic mass is 16.5. The largest absolute Gasteiger partial charge is 0.465 e. The standard InChI is InChI=1S/C13H16N2O3/c1-18-13(17)10-4-2-3-5-11(10)15-12(16)8-14-9-6-7-9/h2-5,9,14H,6-8H2,1H3,(H,15,16). The van der Waals surface area contributed by atoms with E-state index < -0.39 is 5.97 Å². The molecule has 0 aliphatic heterocycles. The Morgan fingerprint density at radius 1 is 1.33 bits per heavy atom. The summed E-state index contributed by atoms with van der Waals surface area (Å²) >= 11 is 0. The summed E-state index contributed by atoms with van der Waals surface area (Å²) in [5, 5.41) is 5.82. The van der Waals surface area contributed by atoms with Crippen LogP contribution in [0.5, 0.6) is 0 Å². The number of para-hydroxylation sites is 1. The Morgan fingerprint density at radius 3 is 2.72 bits per heavy atom. The van der Waals surface area contributed by atoms with Gasteiger partial charge in [0.2, 0.25) is 5.91 Å². The molecule has 0 radical (unpaired) electrons. The number of carbonyl (C=O) groups is 2. The molecule has 0 spiro atoms. The van der Waals surface area contributed by atoms with Gasteiger partial charge in [0, 0.05) is 6.04 Å². The second-order valence-electron chi connectivity index (χ2n) is 4.24. The molecule has 0 bridgehead atoms. The minimum atomic E-state index is -0.457. The van der Waals surface area contributed by atoms with Gasteiger partial charge in [-0.3, -0.25) is 4.79 Å². The van der Waals surface area contributed by atoms with E-state index in [1.165, 1.54) is 7.11 Å². The number of methoxy groups -OCH3 is 1. The topological polar surface area (TPSA) is 67.4 Å². The van der Waals surface area contributed by atoms with E-state index >= 15 is 0 Å². The molecule has 5 nitrogen and oxygen atoms in total. The van der Waals surface area contributed by atoms with Gasteiger partial charge in [0.05, 0.1) is 24.9 Å². The second-order valence-corrected chi connectivity index (χ2v) is 4.24. The van der Waals surface area contributed by atoms with Crippen LogP contribution in [0.25, 0.3) is 0 Å². The highest BCUT2D eigenvalue weighted by Gasteiger charge is 2.21. The zero-order valence-corrected chi connectivity index (χ0v) is 10.2. The Morgan fingerprint density at radius 2 is 2.06 bits per heavy atom.